The van der Waals surface area contributed by atoms with Crippen molar-refractivity contribution in [2.45, 2.75) is 45.6 Å². The van der Waals surface area contributed by atoms with Crippen LogP contribution in [0.4, 0.5) is 5.69 Å². The Morgan fingerprint density at radius 2 is 2.22 bits per heavy atom. The summed E-state index contributed by atoms with van der Waals surface area (Å²) in [6.45, 7) is 5.41. The van der Waals surface area contributed by atoms with Gasteiger partial charge >= 0.3 is 0 Å². The van der Waals surface area contributed by atoms with Crippen LogP contribution in [0.5, 0.6) is 0 Å². The first-order valence-corrected chi connectivity index (χ1v) is 6.82. The maximum Gasteiger partial charge on any atom is 0.256 e. The minimum atomic E-state index is -1.33. The molecule has 1 heterocycles. The van der Waals surface area contributed by atoms with Crippen LogP contribution in [0.1, 0.15) is 38.8 Å². The maximum absolute atomic E-state index is 12.0. The topological polar surface area (TPSA) is 62.2 Å². The van der Waals surface area contributed by atoms with Gasteiger partial charge < -0.3 is 10.4 Å². The number of halogens is 1. The van der Waals surface area contributed by atoms with Crippen molar-refractivity contribution in [1.29, 1.82) is 0 Å². The molecule has 0 aromatic carbocycles. The van der Waals surface area contributed by atoms with Crippen molar-refractivity contribution in [3.05, 3.63) is 22.4 Å². The smallest absolute Gasteiger partial charge is 0.256 e. The largest absolute Gasteiger partial charge is 0.380 e. The Morgan fingerprint density at radius 3 is 2.78 bits per heavy atom. The van der Waals surface area contributed by atoms with Gasteiger partial charge in [0.25, 0.3) is 5.91 Å². The van der Waals surface area contributed by atoms with Gasteiger partial charge in [0, 0.05) is 11.4 Å². The molecular formula is C13H19BrN2O2. The molecule has 0 aliphatic carbocycles. The van der Waals surface area contributed by atoms with Crippen LogP contribution in [0.2, 0.25) is 0 Å². The van der Waals surface area contributed by atoms with Crippen molar-refractivity contribution >= 4 is 27.5 Å². The highest BCUT2D eigenvalue weighted by atomic mass is 79.9. The predicted octanol–water partition coefficient (Wildman–Crippen LogP) is 3.03. The number of amides is 1. The summed E-state index contributed by atoms with van der Waals surface area (Å²) in [4.78, 5) is 16.1. The van der Waals surface area contributed by atoms with Crippen molar-refractivity contribution in [2.75, 3.05) is 5.32 Å². The summed E-state index contributed by atoms with van der Waals surface area (Å²) >= 11 is 3.27. The number of hydrogen-bond donors (Lipinski definition) is 2. The van der Waals surface area contributed by atoms with Crippen LogP contribution in [0.25, 0.3) is 0 Å². The highest BCUT2D eigenvalue weighted by Gasteiger charge is 2.29. The zero-order chi connectivity index (χ0) is 13.8. The van der Waals surface area contributed by atoms with Gasteiger partial charge in [-0.25, -0.2) is 4.98 Å². The van der Waals surface area contributed by atoms with Crippen molar-refractivity contribution in [2.24, 2.45) is 0 Å². The molecule has 1 atom stereocenters. The molecule has 0 saturated carbocycles. The fourth-order valence-corrected chi connectivity index (χ4v) is 2.13. The number of hydrogen-bond acceptors (Lipinski definition) is 3. The molecule has 0 spiro atoms. The van der Waals surface area contributed by atoms with Gasteiger partial charge in [-0.05, 0) is 48.3 Å². The number of nitrogens with one attached hydrogen (secondary N) is 1. The first kappa shape index (κ1) is 15.1. The number of anilines is 1. The standard InChI is InChI=1S/C13H19BrN2O2/c1-4-5-6-13(3,18)12(17)16-10-7-9(2)15-11(14)8-10/h7-8,18H,4-6H2,1-3H3,(H,15,16,17). The number of unbranched alkanes of at least 4 members (excludes halogenated alkanes) is 1. The fourth-order valence-electron chi connectivity index (χ4n) is 1.60. The summed E-state index contributed by atoms with van der Waals surface area (Å²) in [7, 11) is 0. The van der Waals surface area contributed by atoms with E-state index in [9.17, 15) is 9.90 Å². The quantitative estimate of drug-likeness (QED) is 0.821. The highest BCUT2D eigenvalue weighted by Crippen LogP contribution is 2.19. The lowest BCUT2D eigenvalue weighted by Crippen LogP contribution is -2.39. The van der Waals surface area contributed by atoms with E-state index in [1.807, 2.05) is 13.8 Å². The Morgan fingerprint density at radius 1 is 1.56 bits per heavy atom. The van der Waals surface area contributed by atoms with Crippen LogP contribution in [0.3, 0.4) is 0 Å². The molecule has 1 aromatic heterocycles. The van der Waals surface area contributed by atoms with E-state index >= 15 is 0 Å². The van der Waals surface area contributed by atoms with E-state index in [1.165, 1.54) is 0 Å². The number of carbonyl (C=O) groups excluding carboxylic acids is 1. The molecule has 1 unspecified atom stereocenters. The molecule has 2 N–H and O–H groups in total. The Kier molecular flexibility index (Phi) is 5.28. The number of aliphatic hydroxyl groups is 1. The Hall–Kier alpha value is -0.940. The molecular weight excluding hydrogens is 296 g/mol. The normalized spacial score (nSPS) is 14.1. The number of aromatic nitrogens is 1. The van der Waals surface area contributed by atoms with Crippen LogP contribution in [-0.2, 0) is 4.79 Å². The summed E-state index contributed by atoms with van der Waals surface area (Å²) in [5, 5.41) is 12.8. The Balaban J connectivity index is 2.74. The minimum Gasteiger partial charge on any atom is -0.380 e. The van der Waals surface area contributed by atoms with Crippen LogP contribution >= 0.6 is 15.9 Å². The third kappa shape index (κ3) is 4.38. The lowest BCUT2D eigenvalue weighted by molar-refractivity contribution is -0.133. The van der Waals surface area contributed by atoms with Gasteiger partial charge in [0.2, 0.25) is 0 Å². The van der Waals surface area contributed by atoms with Crippen molar-refractivity contribution in [3.8, 4) is 0 Å². The molecule has 1 amide bonds. The minimum absolute atomic E-state index is 0.381. The molecule has 0 bridgehead atoms. The lowest BCUT2D eigenvalue weighted by atomic mass is 9.98. The van der Waals surface area contributed by atoms with Gasteiger partial charge in [-0.15, -0.1) is 0 Å². The van der Waals surface area contributed by atoms with E-state index in [1.54, 1.807) is 19.1 Å². The summed E-state index contributed by atoms with van der Waals surface area (Å²) in [5.74, 6) is -0.381. The fraction of sp³-hybridized carbons (Fsp3) is 0.538. The molecule has 0 radical (unpaired) electrons. The summed E-state index contributed by atoms with van der Waals surface area (Å²) in [6.07, 6.45) is 2.23. The molecule has 100 valence electrons. The van der Waals surface area contributed by atoms with Gasteiger partial charge in [0.15, 0.2) is 0 Å². The average molecular weight is 315 g/mol. The summed E-state index contributed by atoms with van der Waals surface area (Å²) in [5.41, 5.74) is 0.101. The van der Waals surface area contributed by atoms with Crippen molar-refractivity contribution < 1.29 is 9.90 Å². The molecule has 0 saturated heterocycles. The average Bonchev–Trinajstić information content (AvgIpc) is 2.24. The van der Waals surface area contributed by atoms with Crippen LogP contribution in [-0.4, -0.2) is 21.6 Å². The zero-order valence-corrected chi connectivity index (χ0v) is 12.5. The van der Waals surface area contributed by atoms with Gasteiger partial charge in [-0.3, -0.25) is 4.79 Å². The van der Waals surface area contributed by atoms with Crippen molar-refractivity contribution in [3.63, 3.8) is 0 Å². The number of pyridine rings is 1. The molecule has 0 aliphatic heterocycles. The Bertz CT molecular complexity index is 413. The number of aryl methyl sites for hydroxylation is 1. The zero-order valence-electron chi connectivity index (χ0n) is 11.0. The molecule has 5 heteroatoms. The second-order valence-electron chi connectivity index (χ2n) is 4.65. The van der Waals surface area contributed by atoms with E-state index in [2.05, 4.69) is 26.2 Å². The van der Waals surface area contributed by atoms with Gasteiger partial charge in [-0.1, -0.05) is 19.8 Å². The van der Waals surface area contributed by atoms with Crippen LogP contribution in [0.15, 0.2) is 16.7 Å². The van der Waals surface area contributed by atoms with E-state index in [0.29, 0.717) is 16.7 Å². The van der Waals surface area contributed by atoms with E-state index in [-0.39, 0.29) is 5.91 Å². The van der Waals surface area contributed by atoms with Gasteiger partial charge in [0.05, 0.1) is 0 Å². The third-order valence-electron chi connectivity index (χ3n) is 2.69. The first-order chi connectivity index (χ1) is 8.35. The lowest BCUT2D eigenvalue weighted by Gasteiger charge is -2.22. The van der Waals surface area contributed by atoms with Gasteiger partial charge in [0.1, 0.15) is 10.2 Å². The van der Waals surface area contributed by atoms with E-state index in [4.69, 9.17) is 0 Å². The molecule has 0 aliphatic rings. The highest BCUT2D eigenvalue weighted by molar-refractivity contribution is 9.10. The molecule has 18 heavy (non-hydrogen) atoms. The second kappa shape index (κ2) is 6.29. The second-order valence-corrected chi connectivity index (χ2v) is 5.46. The monoisotopic (exact) mass is 314 g/mol. The number of nitrogens with zero attached hydrogens (tertiary/aromatic N) is 1. The summed E-state index contributed by atoms with van der Waals surface area (Å²) < 4.78 is 0.658. The molecule has 1 aromatic rings. The van der Waals surface area contributed by atoms with Crippen molar-refractivity contribution in [1.82, 2.24) is 4.98 Å². The van der Waals surface area contributed by atoms with E-state index in [0.717, 1.165) is 18.5 Å². The van der Waals surface area contributed by atoms with Gasteiger partial charge in [-0.2, -0.15) is 0 Å². The SMILES string of the molecule is CCCCC(C)(O)C(=O)Nc1cc(C)nc(Br)c1. The molecule has 1 rings (SSSR count). The van der Waals surface area contributed by atoms with E-state index < -0.39 is 5.60 Å². The number of rotatable bonds is 5. The maximum atomic E-state index is 12.0. The molecule has 0 fully saturated rings. The number of carbonyl (C=O) groups is 1. The molecule has 4 nitrogen and oxygen atoms in total. The predicted molar refractivity (Wildman–Crippen MR) is 75.5 cm³/mol. The van der Waals surface area contributed by atoms with Crippen LogP contribution < -0.4 is 5.32 Å². The Labute approximate surface area is 116 Å². The van der Waals surface area contributed by atoms with Crippen LogP contribution in [0, 0.1) is 6.92 Å². The third-order valence-corrected chi connectivity index (χ3v) is 3.09. The summed E-state index contributed by atoms with van der Waals surface area (Å²) in [6, 6.07) is 3.47. The first-order valence-electron chi connectivity index (χ1n) is 6.03.